The fourth-order valence-electron chi connectivity index (χ4n) is 2.87. The van der Waals surface area contributed by atoms with Crippen molar-refractivity contribution in [2.75, 3.05) is 18.4 Å². The van der Waals surface area contributed by atoms with E-state index in [2.05, 4.69) is 44.5 Å². The highest BCUT2D eigenvalue weighted by Gasteiger charge is 2.22. The largest absolute Gasteiger partial charge is 0.365 e. The van der Waals surface area contributed by atoms with Gasteiger partial charge in [-0.3, -0.25) is 19.9 Å². The molecular weight excluding hydrogens is 389 g/mol. The topological polar surface area (TPSA) is 90.4 Å². The van der Waals surface area contributed by atoms with Gasteiger partial charge in [-0.25, -0.2) is 10.5 Å². The number of benzene rings is 1. The summed E-state index contributed by atoms with van der Waals surface area (Å²) in [5.74, 6) is 0.0747. The van der Waals surface area contributed by atoms with Crippen molar-refractivity contribution in [1.82, 2.24) is 20.3 Å². The summed E-state index contributed by atoms with van der Waals surface area (Å²) in [6.45, 7) is 2.93. The van der Waals surface area contributed by atoms with E-state index in [1.54, 1.807) is 12.4 Å². The predicted octanol–water partition coefficient (Wildman–Crippen LogP) is 2.53. The van der Waals surface area contributed by atoms with Crippen molar-refractivity contribution in [2.24, 2.45) is 0 Å². The van der Waals surface area contributed by atoms with E-state index in [0.717, 1.165) is 26.1 Å². The number of aromatic nitrogens is 2. The molecule has 1 saturated heterocycles. The first-order chi connectivity index (χ1) is 12.2. The van der Waals surface area contributed by atoms with Gasteiger partial charge in [0.1, 0.15) is 5.82 Å². The lowest BCUT2D eigenvalue weighted by Gasteiger charge is -2.17. The molecule has 0 unspecified atom stereocenters. The van der Waals surface area contributed by atoms with E-state index in [1.165, 1.54) is 23.2 Å². The first-order valence-electron chi connectivity index (χ1n) is 8.20. The minimum atomic E-state index is -0.604. The molecule has 1 amide bonds. The summed E-state index contributed by atoms with van der Waals surface area (Å²) in [5.41, 5.74) is 3.40. The van der Waals surface area contributed by atoms with Crippen LogP contribution in [-0.4, -0.2) is 45.1 Å². The third-order valence-electron chi connectivity index (χ3n) is 4.04. The molecule has 1 aliphatic heterocycles. The van der Waals surface area contributed by atoms with Crippen LogP contribution in [0.2, 0.25) is 0 Å². The van der Waals surface area contributed by atoms with Gasteiger partial charge in [0.25, 0.3) is 5.91 Å². The van der Waals surface area contributed by atoms with E-state index in [0.29, 0.717) is 17.6 Å². The van der Waals surface area contributed by atoms with Crippen molar-refractivity contribution in [3.05, 3.63) is 60.1 Å². The number of anilines is 1. The minimum Gasteiger partial charge on any atom is -0.365 e. The Morgan fingerprint density at radius 2 is 2.04 bits per heavy atom. The smallest absolute Gasteiger partial charge is 0.267 e. The number of hydroxylamine groups is 1. The number of amides is 1. The summed E-state index contributed by atoms with van der Waals surface area (Å²) < 4.78 is 0. The Balaban J connectivity index is 0.00000182. The summed E-state index contributed by atoms with van der Waals surface area (Å²) >= 11 is 0. The van der Waals surface area contributed by atoms with Crippen molar-refractivity contribution in [2.45, 2.75) is 19.0 Å². The van der Waals surface area contributed by atoms with Gasteiger partial charge < -0.3 is 5.32 Å². The summed E-state index contributed by atoms with van der Waals surface area (Å²) in [4.78, 5) is 22.0. The van der Waals surface area contributed by atoms with Crippen molar-refractivity contribution >= 4 is 42.6 Å². The molecule has 1 aromatic heterocycles. The zero-order chi connectivity index (χ0) is 17.5. The first kappa shape index (κ1) is 22.9. The molecule has 2 heterocycles. The van der Waals surface area contributed by atoms with Gasteiger partial charge in [-0.1, -0.05) is 30.3 Å². The Morgan fingerprint density at radius 3 is 2.78 bits per heavy atom. The maximum Gasteiger partial charge on any atom is 0.267 e. The van der Waals surface area contributed by atoms with Crippen LogP contribution in [0.4, 0.5) is 5.82 Å². The first-order valence-corrected chi connectivity index (χ1v) is 8.20. The van der Waals surface area contributed by atoms with Crippen molar-refractivity contribution < 1.29 is 10.0 Å². The van der Waals surface area contributed by atoms with E-state index in [9.17, 15) is 4.79 Å². The molecular formula is C18H23Cl2N5O2. The minimum absolute atomic E-state index is 0. The Kier molecular flexibility index (Phi) is 9.74. The van der Waals surface area contributed by atoms with Crippen LogP contribution in [0.1, 0.15) is 17.7 Å². The van der Waals surface area contributed by atoms with Gasteiger partial charge in [0.15, 0.2) is 0 Å². The monoisotopic (exact) mass is 411 g/mol. The van der Waals surface area contributed by atoms with Crippen molar-refractivity contribution in [1.29, 1.82) is 0 Å². The Morgan fingerprint density at radius 1 is 1.26 bits per heavy atom. The van der Waals surface area contributed by atoms with E-state index >= 15 is 0 Å². The van der Waals surface area contributed by atoms with Crippen LogP contribution in [0.3, 0.4) is 0 Å². The quantitative estimate of drug-likeness (QED) is 0.384. The Hall–Kier alpha value is -2.19. The second-order valence-electron chi connectivity index (χ2n) is 5.99. The Bertz CT molecular complexity index is 746. The van der Waals surface area contributed by atoms with Crippen LogP contribution in [0.5, 0.6) is 0 Å². The molecule has 0 saturated carbocycles. The molecule has 3 rings (SSSR count). The SMILES string of the molecule is Cl.Cl.O=C(/C=C/c1cncc(N[C@@H]2CCN(Cc3ccccc3)C2)n1)NO. The van der Waals surface area contributed by atoms with E-state index in [4.69, 9.17) is 5.21 Å². The molecule has 1 aliphatic rings. The molecule has 27 heavy (non-hydrogen) atoms. The second kappa shape index (κ2) is 11.5. The standard InChI is InChI=1S/C18H21N5O2.2ClH/c24-18(22-25)7-6-15-10-19-11-17(20-15)21-16-8-9-23(13-16)12-14-4-2-1-3-5-14;;/h1-7,10-11,16,25H,8-9,12-13H2,(H,20,21)(H,22,24);2*1H/b7-6+;;/t16-;;/m1../s1. The van der Waals surface area contributed by atoms with Crippen LogP contribution >= 0.6 is 24.8 Å². The van der Waals surface area contributed by atoms with Crippen LogP contribution < -0.4 is 10.8 Å². The number of nitrogens with one attached hydrogen (secondary N) is 2. The molecule has 3 N–H and O–H groups in total. The zero-order valence-corrected chi connectivity index (χ0v) is 16.2. The molecule has 7 nitrogen and oxygen atoms in total. The number of carbonyl (C=O) groups is 1. The third-order valence-corrected chi connectivity index (χ3v) is 4.04. The highest BCUT2D eigenvalue weighted by atomic mass is 35.5. The van der Waals surface area contributed by atoms with Gasteiger partial charge in [0, 0.05) is 31.8 Å². The maximum atomic E-state index is 11.0. The average molecular weight is 412 g/mol. The van der Waals surface area contributed by atoms with Gasteiger partial charge in [-0.15, -0.1) is 24.8 Å². The van der Waals surface area contributed by atoms with Crippen LogP contribution in [0.25, 0.3) is 6.08 Å². The predicted molar refractivity (Wildman–Crippen MR) is 109 cm³/mol. The number of hydrogen-bond donors (Lipinski definition) is 3. The molecule has 0 spiro atoms. The van der Waals surface area contributed by atoms with Crippen LogP contribution in [0.15, 0.2) is 48.8 Å². The third kappa shape index (κ3) is 7.15. The van der Waals surface area contributed by atoms with Gasteiger partial charge in [0.2, 0.25) is 0 Å². The highest BCUT2D eigenvalue weighted by Crippen LogP contribution is 2.17. The summed E-state index contributed by atoms with van der Waals surface area (Å²) in [6.07, 6.45) is 6.97. The number of rotatable bonds is 6. The molecule has 1 atom stereocenters. The lowest BCUT2D eigenvalue weighted by Crippen LogP contribution is -2.26. The fourth-order valence-corrected chi connectivity index (χ4v) is 2.87. The van der Waals surface area contributed by atoms with Crippen molar-refractivity contribution in [3.63, 3.8) is 0 Å². The summed E-state index contributed by atoms with van der Waals surface area (Å²) in [5, 5.41) is 11.9. The molecule has 146 valence electrons. The number of carbonyl (C=O) groups excluding carboxylic acids is 1. The molecule has 0 aliphatic carbocycles. The second-order valence-corrected chi connectivity index (χ2v) is 5.99. The zero-order valence-electron chi connectivity index (χ0n) is 14.6. The average Bonchev–Trinajstić information content (AvgIpc) is 3.07. The molecule has 2 aromatic rings. The van der Waals surface area contributed by atoms with Gasteiger partial charge in [-0.05, 0) is 18.1 Å². The molecule has 0 radical (unpaired) electrons. The van der Waals surface area contributed by atoms with Crippen LogP contribution in [0, 0.1) is 0 Å². The van der Waals surface area contributed by atoms with E-state index in [1.807, 2.05) is 6.07 Å². The maximum absolute atomic E-state index is 11.0. The van der Waals surface area contributed by atoms with Gasteiger partial charge in [0.05, 0.1) is 18.1 Å². The molecule has 0 bridgehead atoms. The Labute approximate surface area is 170 Å². The normalized spacial score (nSPS) is 16.4. The number of hydrogen-bond acceptors (Lipinski definition) is 6. The lowest BCUT2D eigenvalue weighted by atomic mass is 10.2. The van der Waals surface area contributed by atoms with Gasteiger partial charge in [-0.2, -0.15) is 0 Å². The van der Waals surface area contributed by atoms with Crippen molar-refractivity contribution in [3.8, 4) is 0 Å². The molecule has 9 heteroatoms. The number of halogens is 2. The number of nitrogens with zero attached hydrogens (tertiary/aromatic N) is 3. The molecule has 1 aromatic carbocycles. The molecule has 1 fully saturated rings. The van der Waals surface area contributed by atoms with Gasteiger partial charge >= 0.3 is 0 Å². The highest BCUT2D eigenvalue weighted by molar-refractivity contribution is 5.90. The summed E-state index contributed by atoms with van der Waals surface area (Å²) in [7, 11) is 0. The number of likely N-dealkylation sites (tertiary alicyclic amines) is 1. The fraction of sp³-hybridized carbons (Fsp3) is 0.278. The van der Waals surface area contributed by atoms with E-state index in [-0.39, 0.29) is 24.8 Å². The summed E-state index contributed by atoms with van der Waals surface area (Å²) in [6, 6.07) is 10.8. The van der Waals surface area contributed by atoms with E-state index < -0.39 is 5.91 Å². The lowest BCUT2D eigenvalue weighted by molar-refractivity contribution is -0.124. The van der Waals surface area contributed by atoms with Crippen LogP contribution in [-0.2, 0) is 11.3 Å².